The summed E-state index contributed by atoms with van der Waals surface area (Å²) >= 11 is 0. The molecule has 0 aliphatic rings. The van der Waals surface area contributed by atoms with Gasteiger partial charge in [0.1, 0.15) is 0 Å². The molecule has 0 fully saturated rings. The van der Waals surface area contributed by atoms with Gasteiger partial charge >= 0.3 is 37.2 Å². The predicted octanol–water partition coefficient (Wildman–Crippen LogP) is -1.15. The van der Waals surface area contributed by atoms with E-state index in [0.29, 0.717) is 0 Å². The zero-order valence-electron chi connectivity index (χ0n) is 10.7. The third kappa shape index (κ3) is 6.05. The van der Waals surface area contributed by atoms with Crippen molar-refractivity contribution in [3.05, 3.63) is 47.7 Å². The first kappa shape index (κ1) is 17.7. The van der Waals surface area contributed by atoms with Crippen LogP contribution in [-0.2, 0) is 25.0 Å². The molecule has 18 heavy (non-hydrogen) atoms. The van der Waals surface area contributed by atoms with E-state index in [2.05, 4.69) is 9.05 Å². The Balaban J connectivity index is 0.00000289. The molecular formula is C11H14NaO5P. The maximum absolute atomic E-state index is 11.6. The molecule has 0 radical (unpaired) electrons. The van der Waals surface area contributed by atoms with E-state index >= 15 is 0 Å². The monoisotopic (exact) mass is 280 g/mol. The first-order valence-electron chi connectivity index (χ1n) is 4.87. The van der Waals surface area contributed by atoms with Crippen molar-refractivity contribution in [1.29, 1.82) is 0 Å². The minimum atomic E-state index is -3.46. The first-order valence-corrected chi connectivity index (χ1v) is 6.48. The minimum Gasteiger partial charge on any atom is -0.608 e. The molecule has 1 aromatic rings. The Labute approximate surface area is 129 Å². The summed E-state index contributed by atoms with van der Waals surface area (Å²) in [5.41, 5.74) is 0.846. The fraction of sp³-hybridized carbons (Fsp3) is 0.273. The van der Waals surface area contributed by atoms with Gasteiger partial charge in [-0.05, 0) is 5.56 Å². The van der Waals surface area contributed by atoms with Gasteiger partial charge in [0.25, 0.3) is 0 Å². The largest absolute Gasteiger partial charge is 1.00 e. The van der Waals surface area contributed by atoms with Gasteiger partial charge in [0.05, 0.1) is 5.95 Å². The van der Waals surface area contributed by atoms with Gasteiger partial charge < -0.3 is 18.9 Å². The molecule has 94 valence electrons. The standard InChI is InChI=1S/C11H15O5P.Na/c1-14-17(13,15-2)9-11(12)16-8-10-6-4-3-5-7-10;/h3-7,9,12H,8H2,1-2H3;/q;+1/p-1/b11-9+;. The van der Waals surface area contributed by atoms with Gasteiger partial charge in [-0.3, -0.25) is 4.57 Å². The maximum atomic E-state index is 11.6. The molecule has 0 unspecified atom stereocenters. The second kappa shape index (κ2) is 8.75. The molecule has 1 aromatic carbocycles. The van der Waals surface area contributed by atoms with Crippen LogP contribution < -0.4 is 34.7 Å². The third-order valence-corrected chi connectivity index (χ3v) is 3.54. The van der Waals surface area contributed by atoms with Crippen LogP contribution in [0.5, 0.6) is 0 Å². The summed E-state index contributed by atoms with van der Waals surface area (Å²) < 4.78 is 25.6. The average Bonchev–Trinajstić information content (AvgIpc) is 2.37. The number of benzene rings is 1. The molecule has 0 saturated heterocycles. The van der Waals surface area contributed by atoms with Crippen molar-refractivity contribution >= 4 is 7.60 Å². The van der Waals surface area contributed by atoms with Crippen molar-refractivity contribution in [3.63, 3.8) is 0 Å². The Morgan fingerprint density at radius 3 is 2.33 bits per heavy atom. The Morgan fingerprint density at radius 1 is 1.28 bits per heavy atom. The molecule has 0 N–H and O–H groups in total. The van der Waals surface area contributed by atoms with Crippen molar-refractivity contribution in [1.82, 2.24) is 0 Å². The minimum absolute atomic E-state index is 0. The molecule has 0 heterocycles. The Bertz CT molecular complexity index is 413. The van der Waals surface area contributed by atoms with Crippen LogP contribution in [0.25, 0.3) is 0 Å². The van der Waals surface area contributed by atoms with Gasteiger partial charge in [-0.2, -0.15) is 0 Å². The van der Waals surface area contributed by atoms with Crippen molar-refractivity contribution in [2.24, 2.45) is 0 Å². The predicted molar refractivity (Wildman–Crippen MR) is 60.9 cm³/mol. The van der Waals surface area contributed by atoms with E-state index in [9.17, 15) is 9.67 Å². The molecule has 0 atom stereocenters. The molecule has 7 heteroatoms. The number of rotatable bonds is 6. The van der Waals surface area contributed by atoms with Crippen LogP contribution in [0.4, 0.5) is 0 Å². The number of ether oxygens (including phenoxy) is 1. The summed E-state index contributed by atoms with van der Waals surface area (Å²) in [6.45, 7) is 0.115. The zero-order valence-corrected chi connectivity index (χ0v) is 13.6. The van der Waals surface area contributed by atoms with Crippen LogP contribution in [0.3, 0.4) is 0 Å². The van der Waals surface area contributed by atoms with Gasteiger partial charge in [0.2, 0.25) is 0 Å². The van der Waals surface area contributed by atoms with Crippen LogP contribution in [0.15, 0.2) is 42.1 Å². The van der Waals surface area contributed by atoms with Crippen molar-refractivity contribution in [2.75, 3.05) is 14.2 Å². The Kier molecular flexibility index (Phi) is 8.61. The average molecular weight is 280 g/mol. The summed E-state index contributed by atoms with van der Waals surface area (Å²) in [5, 5.41) is 11.3. The molecule has 0 aliphatic carbocycles. The van der Waals surface area contributed by atoms with Crippen molar-refractivity contribution < 1.29 is 53.0 Å². The molecule has 0 amide bonds. The molecular weight excluding hydrogens is 266 g/mol. The summed E-state index contributed by atoms with van der Waals surface area (Å²) in [6, 6.07) is 9.17. The smallest absolute Gasteiger partial charge is 0.608 e. The number of hydrogen-bond acceptors (Lipinski definition) is 5. The fourth-order valence-corrected chi connectivity index (χ4v) is 1.77. The van der Waals surface area contributed by atoms with E-state index in [0.717, 1.165) is 11.4 Å². The van der Waals surface area contributed by atoms with Crippen LogP contribution in [0.2, 0.25) is 0 Å². The van der Waals surface area contributed by atoms with E-state index in [-0.39, 0.29) is 36.2 Å². The third-order valence-electron chi connectivity index (χ3n) is 2.00. The summed E-state index contributed by atoms with van der Waals surface area (Å²) in [4.78, 5) is 0. The fourth-order valence-electron chi connectivity index (χ4n) is 1.08. The van der Waals surface area contributed by atoms with E-state index in [1.807, 2.05) is 30.3 Å². The molecule has 0 spiro atoms. The van der Waals surface area contributed by atoms with E-state index in [1.54, 1.807) is 0 Å². The Hall–Kier alpha value is -0.290. The Morgan fingerprint density at radius 2 is 1.83 bits per heavy atom. The van der Waals surface area contributed by atoms with Crippen LogP contribution in [0.1, 0.15) is 5.56 Å². The van der Waals surface area contributed by atoms with E-state index in [4.69, 9.17) is 4.74 Å². The molecule has 5 nitrogen and oxygen atoms in total. The summed E-state index contributed by atoms with van der Waals surface area (Å²) in [6.07, 6.45) is 0. The van der Waals surface area contributed by atoms with Crippen molar-refractivity contribution in [2.45, 2.75) is 6.61 Å². The van der Waals surface area contributed by atoms with Crippen molar-refractivity contribution in [3.8, 4) is 0 Å². The quantitative estimate of drug-likeness (QED) is 0.374. The van der Waals surface area contributed by atoms with Crippen LogP contribution in [0, 0.1) is 0 Å². The topological polar surface area (TPSA) is 67.8 Å². The normalized spacial score (nSPS) is 11.8. The molecule has 0 saturated carbocycles. The zero-order chi connectivity index (χ0) is 12.7. The summed E-state index contributed by atoms with van der Waals surface area (Å²) in [7, 11) is -1.06. The maximum Gasteiger partial charge on any atom is 1.00 e. The molecule has 0 aliphatic heterocycles. The second-order valence-electron chi connectivity index (χ2n) is 3.13. The van der Waals surface area contributed by atoms with Gasteiger partial charge in [-0.15, -0.1) is 0 Å². The molecule has 0 bridgehead atoms. The van der Waals surface area contributed by atoms with E-state index in [1.165, 1.54) is 14.2 Å². The van der Waals surface area contributed by atoms with Crippen LogP contribution >= 0.6 is 7.60 Å². The summed E-state index contributed by atoms with van der Waals surface area (Å²) in [5.74, 6) is 0.0801. The SMILES string of the molecule is COP(=O)(/C=C(\[O-])OCc1ccccc1)OC.[Na+]. The molecule has 0 aromatic heterocycles. The number of hydrogen-bond donors (Lipinski definition) is 0. The van der Waals surface area contributed by atoms with Crippen LogP contribution in [-0.4, -0.2) is 14.2 Å². The van der Waals surface area contributed by atoms with Gasteiger partial charge in [0.15, 0.2) is 0 Å². The van der Waals surface area contributed by atoms with Gasteiger partial charge in [-0.25, -0.2) is 0 Å². The molecule has 1 rings (SSSR count). The first-order chi connectivity index (χ1) is 8.09. The van der Waals surface area contributed by atoms with Gasteiger partial charge in [0, 0.05) is 26.6 Å². The van der Waals surface area contributed by atoms with Gasteiger partial charge in [-0.1, -0.05) is 30.3 Å². The second-order valence-corrected chi connectivity index (χ2v) is 5.20. The van der Waals surface area contributed by atoms with E-state index < -0.39 is 13.5 Å².